The van der Waals surface area contributed by atoms with Crippen molar-refractivity contribution in [1.82, 2.24) is 0 Å². The minimum absolute atomic E-state index is 0.0832. The third-order valence-electron chi connectivity index (χ3n) is 6.44. The molecule has 0 aliphatic heterocycles. The van der Waals surface area contributed by atoms with E-state index in [0.29, 0.717) is 17.9 Å². The van der Waals surface area contributed by atoms with Crippen LogP contribution in [0.2, 0.25) is 0 Å². The van der Waals surface area contributed by atoms with Crippen LogP contribution in [0.3, 0.4) is 0 Å². The molecule has 3 nitrogen and oxygen atoms in total. The molecule has 18 heavy (non-hydrogen) atoms. The van der Waals surface area contributed by atoms with Gasteiger partial charge in [-0.25, -0.2) is 4.79 Å². The smallest absolute Gasteiger partial charge is 0.333 e. The van der Waals surface area contributed by atoms with Gasteiger partial charge in [-0.3, -0.25) is 0 Å². The molecular weight excluding hydrogens is 228 g/mol. The normalized spacial score (nSPS) is 58.5. The molecule has 2 bridgehead atoms. The zero-order valence-electron chi connectivity index (χ0n) is 11.1. The molecule has 4 aliphatic rings. The van der Waals surface area contributed by atoms with Crippen LogP contribution in [0, 0.1) is 16.7 Å². The van der Waals surface area contributed by atoms with E-state index in [1.807, 2.05) is 0 Å². The lowest BCUT2D eigenvalue weighted by atomic mass is 9.30. The van der Waals surface area contributed by atoms with Gasteiger partial charge in [0, 0.05) is 17.4 Å². The second-order valence-corrected chi connectivity index (χ2v) is 7.56. The van der Waals surface area contributed by atoms with E-state index in [1.54, 1.807) is 6.92 Å². The third kappa shape index (κ3) is 0.841. The fraction of sp³-hybridized carbons (Fsp3) is 0.800. The van der Waals surface area contributed by atoms with Crippen molar-refractivity contribution < 1.29 is 14.6 Å². The topological polar surface area (TPSA) is 46.5 Å². The van der Waals surface area contributed by atoms with Gasteiger partial charge in [-0.1, -0.05) is 13.5 Å². The lowest BCUT2D eigenvalue weighted by molar-refractivity contribution is -0.329. The summed E-state index contributed by atoms with van der Waals surface area (Å²) in [5.74, 6) is 0.380. The standard InChI is InChI=1S/C15H20O3/c1-9(2)11(16)18-14-5-10-4-12(3)6-13(17,7-14)8-15(10,12)14/h10,17H,1,4-8H2,2-3H3. The van der Waals surface area contributed by atoms with E-state index in [1.165, 1.54) is 6.42 Å². The largest absolute Gasteiger partial charge is 0.455 e. The molecule has 4 rings (SSSR count). The van der Waals surface area contributed by atoms with Gasteiger partial charge >= 0.3 is 5.97 Å². The maximum atomic E-state index is 11.9. The average Bonchev–Trinajstić information content (AvgIpc) is 2.56. The summed E-state index contributed by atoms with van der Waals surface area (Å²) in [5.41, 5.74) is -0.235. The highest BCUT2D eigenvalue weighted by molar-refractivity contribution is 5.87. The van der Waals surface area contributed by atoms with E-state index in [0.717, 1.165) is 19.3 Å². The molecule has 0 aromatic carbocycles. The van der Waals surface area contributed by atoms with Crippen molar-refractivity contribution in [1.29, 1.82) is 0 Å². The van der Waals surface area contributed by atoms with E-state index in [9.17, 15) is 9.90 Å². The van der Waals surface area contributed by atoms with Crippen LogP contribution in [0.4, 0.5) is 0 Å². The van der Waals surface area contributed by atoms with Crippen molar-refractivity contribution >= 4 is 5.97 Å². The summed E-state index contributed by atoms with van der Waals surface area (Å²) in [5, 5.41) is 10.7. The van der Waals surface area contributed by atoms with Gasteiger partial charge in [-0.2, -0.15) is 0 Å². The SMILES string of the molecule is C=C(C)C(=O)OC12CC3CC4(C)CC(O)(C1)CC342. The molecule has 0 amide bonds. The van der Waals surface area contributed by atoms with Crippen molar-refractivity contribution in [3.05, 3.63) is 12.2 Å². The maximum absolute atomic E-state index is 11.9. The highest BCUT2D eigenvalue weighted by Crippen LogP contribution is 2.89. The second-order valence-electron chi connectivity index (χ2n) is 7.56. The van der Waals surface area contributed by atoms with E-state index < -0.39 is 5.60 Å². The van der Waals surface area contributed by atoms with Crippen LogP contribution < -0.4 is 0 Å². The van der Waals surface area contributed by atoms with E-state index in [-0.39, 0.29) is 22.4 Å². The molecule has 4 aliphatic carbocycles. The minimum atomic E-state index is -0.588. The summed E-state index contributed by atoms with van der Waals surface area (Å²) < 4.78 is 5.82. The second kappa shape index (κ2) is 2.55. The van der Waals surface area contributed by atoms with Crippen molar-refractivity contribution in [3.8, 4) is 0 Å². The van der Waals surface area contributed by atoms with Crippen molar-refractivity contribution in [2.24, 2.45) is 16.7 Å². The average molecular weight is 248 g/mol. The van der Waals surface area contributed by atoms with Gasteiger partial charge in [0.25, 0.3) is 0 Å². The molecule has 5 unspecified atom stereocenters. The summed E-state index contributed by atoms with van der Waals surface area (Å²) in [7, 11) is 0. The van der Waals surface area contributed by atoms with E-state index >= 15 is 0 Å². The van der Waals surface area contributed by atoms with E-state index in [4.69, 9.17) is 4.74 Å². The first kappa shape index (κ1) is 11.0. The number of esters is 1. The Labute approximate surface area is 107 Å². The van der Waals surface area contributed by atoms with Gasteiger partial charge in [-0.15, -0.1) is 0 Å². The van der Waals surface area contributed by atoms with Crippen molar-refractivity contribution in [2.75, 3.05) is 0 Å². The molecule has 4 fully saturated rings. The Morgan fingerprint density at radius 1 is 1.33 bits per heavy atom. The van der Waals surface area contributed by atoms with E-state index in [2.05, 4.69) is 13.5 Å². The highest BCUT2D eigenvalue weighted by Gasteiger charge is 2.90. The highest BCUT2D eigenvalue weighted by atomic mass is 16.6. The number of rotatable bonds is 2. The molecule has 0 radical (unpaired) electrons. The number of carbonyl (C=O) groups is 1. The predicted molar refractivity (Wildman–Crippen MR) is 65.7 cm³/mol. The maximum Gasteiger partial charge on any atom is 0.333 e. The number of aliphatic hydroxyl groups is 1. The molecule has 4 saturated carbocycles. The van der Waals surface area contributed by atoms with Crippen LogP contribution in [-0.4, -0.2) is 22.3 Å². The van der Waals surface area contributed by atoms with Gasteiger partial charge in [0.15, 0.2) is 0 Å². The predicted octanol–water partition coefficient (Wildman–Crippen LogP) is 2.19. The lowest BCUT2D eigenvalue weighted by Gasteiger charge is -2.75. The molecule has 1 N–H and O–H groups in total. The Morgan fingerprint density at radius 2 is 2.06 bits per heavy atom. The van der Waals surface area contributed by atoms with Crippen LogP contribution in [0.1, 0.15) is 46.0 Å². The first-order valence-corrected chi connectivity index (χ1v) is 6.87. The molecule has 0 saturated heterocycles. The number of fused-ring (bicyclic) bond motifs is 1. The van der Waals surface area contributed by atoms with Crippen LogP contribution in [0.5, 0.6) is 0 Å². The zero-order chi connectivity index (χ0) is 13.0. The van der Waals surface area contributed by atoms with Gasteiger partial charge in [0.1, 0.15) is 5.60 Å². The summed E-state index contributed by atoms with van der Waals surface area (Å²) in [6.07, 6.45) is 4.52. The Balaban J connectivity index is 1.73. The van der Waals surface area contributed by atoms with Crippen molar-refractivity contribution in [2.45, 2.75) is 57.2 Å². The Kier molecular flexibility index (Phi) is 1.57. The monoisotopic (exact) mass is 248 g/mol. The fourth-order valence-corrected chi connectivity index (χ4v) is 6.26. The van der Waals surface area contributed by atoms with Crippen LogP contribution in [0.15, 0.2) is 12.2 Å². The quantitative estimate of drug-likeness (QED) is 0.602. The van der Waals surface area contributed by atoms with Crippen molar-refractivity contribution in [3.63, 3.8) is 0 Å². The van der Waals surface area contributed by atoms with Crippen LogP contribution in [0.25, 0.3) is 0 Å². The summed E-state index contributed by atoms with van der Waals surface area (Å²) >= 11 is 0. The first-order chi connectivity index (χ1) is 8.26. The lowest BCUT2D eigenvalue weighted by Crippen LogP contribution is -2.76. The van der Waals surface area contributed by atoms with Crippen LogP contribution in [-0.2, 0) is 9.53 Å². The summed E-state index contributed by atoms with van der Waals surface area (Å²) in [6, 6.07) is 0. The molecule has 0 aromatic rings. The molecule has 5 atom stereocenters. The van der Waals surface area contributed by atoms with Gasteiger partial charge in [-0.05, 0) is 43.9 Å². The fourth-order valence-electron chi connectivity index (χ4n) is 6.26. The Hall–Kier alpha value is -0.830. The number of ether oxygens (including phenoxy) is 1. The van der Waals surface area contributed by atoms with Gasteiger partial charge in [0.05, 0.1) is 5.60 Å². The van der Waals surface area contributed by atoms with Crippen LogP contribution >= 0.6 is 0 Å². The summed E-state index contributed by atoms with van der Waals surface area (Å²) in [4.78, 5) is 11.9. The zero-order valence-corrected chi connectivity index (χ0v) is 11.1. The molecule has 0 aromatic heterocycles. The molecule has 1 spiro atoms. The Morgan fingerprint density at radius 3 is 2.61 bits per heavy atom. The van der Waals surface area contributed by atoms with Gasteiger partial charge in [0.2, 0.25) is 0 Å². The van der Waals surface area contributed by atoms with Gasteiger partial charge < -0.3 is 9.84 Å². The summed E-state index contributed by atoms with van der Waals surface area (Å²) in [6.45, 7) is 7.62. The molecule has 3 heteroatoms. The Bertz CT molecular complexity index is 498. The number of hydrogen-bond donors (Lipinski definition) is 1. The third-order valence-corrected chi connectivity index (χ3v) is 6.44. The molecule has 0 heterocycles. The molecular formula is C15H20O3. The number of hydrogen-bond acceptors (Lipinski definition) is 3. The number of carbonyl (C=O) groups excluding carboxylic acids is 1. The first-order valence-electron chi connectivity index (χ1n) is 6.87. The molecule has 98 valence electrons. The minimum Gasteiger partial charge on any atom is -0.455 e.